The van der Waals surface area contributed by atoms with Gasteiger partial charge in [0.05, 0.1) is 27.7 Å². The molecule has 8 nitrogen and oxygen atoms in total. The number of carboxylic acid groups (broad SMARTS) is 1. The molecule has 2 aromatic rings. The lowest BCUT2D eigenvalue weighted by molar-refractivity contribution is -0.139. The van der Waals surface area contributed by atoms with Crippen LogP contribution < -0.4 is 5.32 Å². The van der Waals surface area contributed by atoms with Crippen LogP contribution >= 0.6 is 23.2 Å². The molecule has 0 aliphatic carbocycles. The summed E-state index contributed by atoms with van der Waals surface area (Å²) in [6.45, 7) is 0. The van der Waals surface area contributed by atoms with Crippen molar-refractivity contribution in [1.29, 1.82) is 0 Å². The number of nitrogens with zero attached hydrogens (tertiary/aromatic N) is 2. The van der Waals surface area contributed by atoms with Crippen LogP contribution in [0.25, 0.3) is 0 Å². The third kappa shape index (κ3) is 5.09. The first-order valence-corrected chi connectivity index (χ1v) is 10.4. The molecule has 0 saturated heterocycles. The van der Waals surface area contributed by atoms with E-state index in [0.717, 1.165) is 0 Å². The lowest BCUT2D eigenvalue weighted by atomic mass is 9.90. The summed E-state index contributed by atoms with van der Waals surface area (Å²) in [5, 5.41) is 17.6. The van der Waals surface area contributed by atoms with Crippen LogP contribution in [0.5, 0.6) is 0 Å². The van der Waals surface area contributed by atoms with Gasteiger partial charge in [-0.2, -0.15) is 5.10 Å². The topological polar surface area (TPSA) is 108 Å². The maximum Gasteiger partial charge on any atom is 0.326 e. The molecule has 3 unspecified atom stereocenters. The normalized spacial score (nSPS) is 19.0. The minimum absolute atomic E-state index is 0.0182. The number of carbonyl (C=O) groups is 3. The average molecular weight is 478 g/mol. The molecule has 1 aliphatic rings. The Morgan fingerprint density at radius 1 is 1.19 bits per heavy atom. The van der Waals surface area contributed by atoms with Crippen molar-refractivity contribution < 1.29 is 24.2 Å². The monoisotopic (exact) mass is 477 g/mol. The molecule has 2 aromatic carbocycles. The molecule has 2 amide bonds. The van der Waals surface area contributed by atoms with Crippen LogP contribution in [0.3, 0.4) is 0 Å². The largest absolute Gasteiger partial charge is 0.480 e. The number of carbonyl (C=O) groups excluding carboxylic acids is 2. The zero-order chi connectivity index (χ0) is 23.4. The first kappa shape index (κ1) is 23.7. The maximum atomic E-state index is 12.6. The predicted octanol–water partition coefficient (Wildman–Crippen LogP) is 2.98. The van der Waals surface area contributed by atoms with E-state index in [1.807, 2.05) is 0 Å². The number of hydrogen-bond donors (Lipinski definition) is 2. The Morgan fingerprint density at radius 2 is 1.81 bits per heavy atom. The van der Waals surface area contributed by atoms with Crippen molar-refractivity contribution in [3.05, 3.63) is 69.2 Å². The molecule has 0 radical (unpaired) electrons. The van der Waals surface area contributed by atoms with E-state index in [9.17, 15) is 19.5 Å². The third-order valence-electron chi connectivity index (χ3n) is 5.14. The van der Waals surface area contributed by atoms with E-state index in [0.29, 0.717) is 11.1 Å². The highest BCUT2D eigenvalue weighted by Gasteiger charge is 2.34. The van der Waals surface area contributed by atoms with Gasteiger partial charge in [0.2, 0.25) is 0 Å². The Balaban J connectivity index is 1.76. The maximum absolute atomic E-state index is 12.6. The fourth-order valence-corrected chi connectivity index (χ4v) is 3.99. The minimum Gasteiger partial charge on any atom is -0.480 e. The molecule has 0 bridgehead atoms. The molecule has 168 valence electrons. The van der Waals surface area contributed by atoms with Crippen LogP contribution in [-0.4, -0.2) is 60.4 Å². The third-order valence-corrected chi connectivity index (χ3v) is 5.77. The van der Waals surface area contributed by atoms with Crippen LogP contribution in [-0.2, 0) is 20.7 Å². The SMILES string of the molecule is COC1C=NN(C)C(=O)C1c1ccc(CC(NC(=O)c2c(Cl)cccc2Cl)C(=O)O)cc1. The number of methoxy groups -OCH3 is 1. The summed E-state index contributed by atoms with van der Waals surface area (Å²) < 4.78 is 5.36. The van der Waals surface area contributed by atoms with Crippen molar-refractivity contribution >= 4 is 47.2 Å². The molecule has 10 heteroatoms. The van der Waals surface area contributed by atoms with Crippen molar-refractivity contribution in [2.45, 2.75) is 24.5 Å². The summed E-state index contributed by atoms with van der Waals surface area (Å²) >= 11 is 12.1. The van der Waals surface area contributed by atoms with E-state index < -0.39 is 29.9 Å². The first-order chi connectivity index (χ1) is 15.2. The molecule has 2 N–H and O–H groups in total. The van der Waals surface area contributed by atoms with E-state index >= 15 is 0 Å². The Morgan fingerprint density at radius 3 is 2.38 bits per heavy atom. The van der Waals surface area contributed by atoms with Gasteiger partial charge < -0.3 is 15.2 Å². The van der Waals surface area contributed by atoms with Crippen molar-refractivity contribution in [1.82, 2.24) is 10.3 Å². The van der Waals surface area contributed by atoms with Gasteiger partial charge in [0.15, 0.2) is 0 Å². The summed E-state index contributed by atoms with van der Waals surface area (Å²) in [6, 6.07) is 10.3. The molecule has 3 atom stereocenters. The number of halogens is 2. The molecule has 0 fully saturated rings. The lowest BCUT2D eigenvalue weighted by Gasteiger charge is -2.29. The number of rotatable bonds is 7. The van der Waals surface area contributed by atoms with Crippen LogP contribution in [0.4, 0.5) is 0 Å². The highest BCUT2D eigenvalue weighted by Crippen LogP contribution is 2.27. The van der Waals surface area contributed by atoms with E-state index in [4.69, 9.17) is 27.9 Å². The quantitative estimate of drug-likeness (QED) is 0.636. The Bertz CT molecular complexity index is 1040. The molecule has 3 rings (SSSR count). The predicted molar refractivity (Wildman–Crippen MR) is 120 cm³/mol. The minimum atomic E-state index is -1.21. The molecule has 1 heterocycles. The van der Waals surface area contributed by atoms with Crippen molar-refractivity contribution in [3.63, 3.8) is 0 Å². The smallest absolute Gasteiger partial charge is 0.326 e. The number of hydrogen-bond acceptors (Lipinski definition) is 5. The number of amides is 2. The van der Waals surface area contributed by atoms with Gasteiger partial charge in [-0.1, -0.05) is 53.5 Å². The zero-order valence-electron chi connectivity index (χ0n) is 17.3. The van der Waals surface area contributed by atoms with E-state index in [-0.39, 0.29) is 27.9 Å². The molecule has 32 heavy (non-hydrogen) atoms. The average Bonchev–Trinajstić information content (AvgIpc) is 2.75. The van der Waals surface area contributed by atoms with E-state index in [1.165, 1.54) is 24.3 Å². The van der Waals surface area contributed by atoms with Crippen molar-refractivity contribution in [2.24, 2.45) is 5.10 Å². The van der Waals surface area contributed by atoms with Crippen LogP contribution in [0.1, 0.15) is 27.4 Å². The summed E-state index contributed by atoms with van der Waals surface area (Å²) in [5.74, 6) is -2.65. The number of likely N-dealkylation sites (N-methyl/N-ethyl adjacent to an activating group) is 1. The van der Waals surface area contributed by atoms with Gasteiger partial charge in [0, 0.05) is 20.6 Å². The number of aliphatic carboxylic acids is 1. The molecule has 0 aromatic heterocycles. The zero-order valence-corrected chi connectivity index (χ0v) is 18.8. The van der Waals surface area contributed by atoms with Crippen LogP contribution in [0, 0.1) is 0 Å². The summed E-state index contributed by atoms with van der Waals surface area (Å²) in [5.41, 5.74) is 1.39. The summed E-state index contributed by atoms with van der Waals surface area (Å²) in [4.78, 5) is 36.9. The van der Waals surface area contributed by atoms with E-state index in [1.54, 1.807) is 43.6 Å². The van der Waals surface area contributed by atoms with Crippen molar-refractivity contribution in [2.75, 3.05) is 14.2 Å². The molecule has 0 saturated carbocycles. The molecular weight excluding hydrogens is 457 g/mol. The number of nitrogens with one attached hydrogen (secondary N) is 1. The highest BCUT2D eigenvalue weighted by molar-refractivity contribution is 6.39. The van der Waals surface area contributed by atoms with Crippen molar-refractivity contribution in [3.8, 4) is 0 Å². The number of benzene rings is 2. The fraction of sp³-hybridized carbons (Fsp3) is 0.273. The summed E-state index contributed by atoms with van der Waals surface area (Å²) in [6.07, 6.45) is 1.09. The van der Waals surface area contributed by atoms with Gasteiger partial charge in [-0.05, 0) is 23.3 Å². The van der Waals surface area contributed by atoms with Gasteiger partial charge >= 0.3 is 5.97 Å². The second-order valence-electron chi connectivity index (χ2n) is 7.21. The van der Waals surface area contributed by atoms with Gasteiger partial charge in [-0.3, -0.25) is 9.59 Å². The standard InChI is InChI=1S/C22H21Cl2N3O5/c1-27-21(29)18(17(32-2)11-25-27)13-8-6-12(7-9-13)10-16(22(30)31)26-20(28)19-14(23)4-3-5-15(19)24/h3-9,11,16-18H,10H2,1-2H3,(H,26,28)(H,30,31). The number of hydrazone groups is 1. The lowest BCUT2D eigenvalue weighted by Crippen LogP contribution is -2.42. The van der Waals surface area contributed by atoms with Gasteiger partial charge in [-0.25, -0.2) is 9.80 Å². The molecule has 1 aliphatic heterocycles. The number of carboxylic acids is 1. The molecule has 0 spiro atoms. The Hall–Kier alpha value is -2.94. The van der Waals surface area contributed by atoms with Gasteiger partial charge in [-0.15, -0.1) is 0 Å². The second-order valence-corrected chi connectivity index (χ2v) is 8.03. The number of ether oxygens (including phenoxy) is 1. The first-order valence-electron chi connectivity index (χ1n) is 9.64. The Labute approximate surface area is 194 Å². The fourth-order valence-electron chi connectivity index (χ4n) is 3.42. The van der Waals surface area contributed by atoms with Gasteiger partial charge in [0.25, 0.3) is 11.8 Å². The van der Waals surface area contributed by atoms with E-state index in [2.05, 4.69) is 10.4 Å². The molecular formula is C22H21Cl2N3O5. The summed E-state index contributed by atoms with van der Waals surface area (Å²) in [7, 11) is 3.07. The highest BCUT2D eigenvalue weighted by atomic mass is 35.5. The van der Waals surface area contributed by atoms with Crippen LogP contribution in [0.2, 0.25) is 10.0 Å². The van der Waals surface area contributed by atoms with Gasteiger partial charge in [0.1, 0.15) is 12.1 Å². The Kier molecular flexibility index (Phi) is 7.50. The van der Waals surface area contributed by atoms with Crippen LogP contribution in [0.15, 0.2) is 47.6 Å². The second kappa shape index (κ2) is 10.1.